The molecule has 1 aliphatic heterocycles. The van der Waals surface area contributed by atoms with E-state index in [0.29, 0.717) is 29.2 Å². The molecule has 0 unspecified atom stereocenters. The Kier molecular flexibility index (Phi) is 4.85. The van der Waals surface area contributed by atoms with E-state index in [1.165, 1.54) is 0 Å². The molecule has 0 fully saturated rings. The molecule has 124 valence electrons. The second-order valence-electron chi connectivity index (χ2n) is 5.48. The van der Waals surface area contributed by atoms with Crippen LogP contribution in [0.15, 0.2) is 46.9 Å². The predicted octanol–water partition coefficient (Wildman–Crippen LogP) is 3.84. The highest BCUT2D eigenvalue weighted by Gasteiger charge is 2.25. The maximum atomic E-state index is 12.4. The molecule has 1 N–H and O–H groups in total. The van der Waals surface area contributed by atoms with E-state index in [1.807, 2.05) is 13.0 Å². The Morgan fingerprint density at radius 2 is 2.12 bits per heavy atom. The van der Waals surface area contributed by atoms with E-state index in [9.17, 15) is 9.59 Å². The van der Waals surface area contributed by atoms with Crippen LogP contribution in [0.25, 0.3) is 0 Å². The Hall–Kier alpha value is -2.34. The number of carbonyl (C=O) groups is 2. The predicted molar refractivity (Wildman–Crippen MR) is 96.7 cm³/mol. The number of anilines is 2. The van der Waals surface area contributed by atoms with Gasteiger partial charge in [-0.05, 0) is 42.8 Å². The molecule has 6 heteroatoms. The van der Waals surface area contributed by atoms with Crippen molar-refractivity contribution in [3.05, 3.63) is 52.5 Å². The van der Waals surface area contributed by atoms with E-state index in [4.69, 9.17) is 4.74 Å². The zero-order valence-electron chi connectivity index (χ0n) is 13.2. The third-order valence-electron chi connectivity index (χ3n) is 3.69. The molecule has 1 aliphatic rings. The molecule has 2 aromatic carbocycles. The molecule has 2 aromatic rings. The Bertz CT molecular complexity index is 792. The van der Waals surface area contributed by atoms with E-state index in [2.05, 4.69) is 21.2 Å². The first-order valence-corrected chi connectivity index (χ1v) is 8.52. The van der Waals surface area contributed by atoms with Crippen molar-refractivity contribution in [3.63, 3.8) is 0 Å². The minimum absolute atomic E-state index is 0.0523. The minimum Gasteiger partial charge on any atom is -0.482 e. The third kappa shape index (κ3) is 3.43. The smallest absolute Gasteiger partial charge is 0.265 e. The van der Waals surface area contributed by atoms with Crippen LogP contribution in [-0.2, 0) is 4.79 Å². The second-order valence-corrected chi connectivity index (χ2v) is 6.40. The van der Waals surface area contributed by atoms with Crippen molar-refractivity contribution < 1.29 is 14.3 Å². The number of nitrogens with zero attached hydrogens (tertiary/aromatic N) is 1. The molecule has 0 spiro atoms. The lowest BCUT2D eigenvalue weighted by molar-refractivity contribution is -0.121. The van der Waals surface area contributed by atoms with Crippen LogP contribution in [0.1, 0.15) is 23.7 Å². The van der Waals surface area contributed by atoms with Gasteiger partial charge < -0.3 is 15.0 Å². The molecule has 0 saturated carbocycles. The molecule has 24 heavy (non-hydrogen) atoms. The van der Waals surface area contributed by atoms with Crippen molar-refractivity contribution in [2.45, 2.75) is 13.3 Å². The number of hydrogen-bond acceptors (Lipinski definition) is 3. The third-order valence-corrected chi connectivity index (χ3v) is 4.19. The van der Waals surface area contributed by atoms with Gasteiger partial charge in [0.25, 0.3) is 11.8 Å². The van der Waals surface area contributed by atoms with Crippen molar-refractivity contribution in [1.29, 1.82) is 0 Å². The number of carbonyl (C=O) groups excluding carboxylic acids is 2. The number of ether oxygens (including phenoxy) is 1. The first-order valence-electron chi connectivity index (χ1n) is 7.72. The summed E-state index contributed by atoms with van der Waals surface area (Å²) in [5.74, 6) is 0.379. The maximum absolute atomic E-state index is 12.4. The summed E-state index contributed by atoms with van der Waals surface area (Å²) >= 11 is 3.36. The first-order chi connectivity index (χ1) is 11.6. The van der Waals surface area contributed by atoms with Crippen LogP contribution < -0.4 is 15.0 Å². The van der Waals surface area contributed by atoms with Gasteiger partial charge in [0.05, 0.1) is 5.69 Å². The van der Waals surface area contributed by atoms with Crippen LogP contribution in [0.4, 0.5) is 11.4 Å². The fourth-order valence-electron chi connectivity index (χ4n) is 2.58. The summed E-state index contributed by atoms with van der Waals surface area (Å²) in [5.41, 5.74) is 1.87. The van der Waals surface area contributed by atoms with Gasteiger partial charge in [0.2, 0.25) is 0 Å². The van der Waals surface area contributed by atoms with E-state index in [0.717, 1.165) is 10.9 Å². The number of nitrogens with one attached hydrogen (secondary N) is 1. The molecule has 0 saturated heterocycles. The average Bonchev–Trinajstić information content (AvgIpc) is 2.57. The normalized spacial score (nSPS) is 13.2. The number of halogens is 1. The molecule has 0 aromatic heterocycles. The monoisotopic (exact) mass is 388 g/mol. The van der Waals surface area contributed by atoms with Crippen molar-refractivity contribution in [2.75, 3.05) is 23.4 Å². The topological polar surface area (TPSA) is 58.6 Å². The number of fused-ring (bicyclic) bond motifs is 1. The van der Waals surface area contributed by atoms with Crippen molar-refractivity contribution >= 4 is 39.1 Å². The summed E-state index contributed by atoms with van der Waals surface area (Å²) in [6, 6.07) is 12.5. The van der Waals surface area contributed by atoms with Gasteiger partial charge in [-0.2, -0.15) is 0 Å². The Morgan fingerprint density at radius 3 is 2.88 bits per heavy atom. The van der Waals surface area contributed by atoms with Crippen LogP contribution in [0, 0.1) is 0 Å². The van der Waals surface area contributed by atoms with Crippen molar-refractivity contribution in [3.8, 4) is 5.75 Å². The van der Waals surface area contributed by atoms with Crippen LogP contribution >= 0.6 is 15.9 Å². The second kappa shape index (κ2) is 7.05. The standard InChI is InChI=1S/C18H17BrN2O3/c1-2-8-21-15-10-14(6-7-16(15)24-11-17(21)22)20-18(23)12-4-3-5-13(19)9-12/h3-7,9-10H,2,8,11H2,1H3,(H,20,23). The number of hydrogen-bond donors (Lipinski definition) is 1. The molecule has 0 radical (unpaired) electrons. The van der Waals surface area contributed by atoms with Crippen LogP contribution in [0.3, 0.4) is 0 Å². The Balaban J connectivity index is 1.85. The highest BCUT2D eigenvalue weighted by molar-refractivity contribution is 9.10. The van der Waals surface area contributed by atoms with Gasteiger partial charge in [-0.1, -0.05) is 28.9 Å². The molecule has 3 rings (SSSR count). The van der Waals surface area contributed by atoms with Gasteiger partial charge in [-0.25, -0.2) is 0 Å². The van der Waals surface area contributed by atoms with E-state index >= 15 is 0 Å². The Labute approximate surface area is 148 Å². The SMILES string of the molecule is CCCN1C(=O)COc2ccc(NC(=O)c3cccc(Br)c3)cc21. The van der Waals surface area contributed by atoms with Gasteiger partial charge in [-0.3, -0.25) is 9.59 Å². The summed E-state index contributed by atoms with van der Waals surface area (Å²) < 4.78 is 6.30. The summed E-state index contributed by atoms with van der Waals surface area (Å²) in [6.07, 6.45) is 0.847. The molecular formula is C18H17BrN2O3. The summed E-state index contributed by atoms with van der Waals surface area (Å²) in [5, 5.41) is 2.86. The highest BCUT2D eigenvalue weighted by Crippen LogP contribution is 2.34. The maximum Gasteiger partial charge on any atom is 0.265 e. The lowest BCUT2D eigenvalue weighted by atomic mass is 10.1. The van der Waals surface area contributed by atoms with Gasteiger partial charge in [0, 0.05) is 22.3 Å². The quantitative estimate of drug-likeness (QED) is 0.865. The molecular weight excluding hydrogens is 372 g/mol. The largest absolute Gasteiger partial charge is 0.482 e. The number of rotatable bonds is 4. The van der Waals surface area contributed by atoms with E-state index in [-0.39, 0.29) is 18.4 Å². The molecule has 0 atom stereocenters. The van der Waals surface area contributed by atoms with Gasteiger partial charge in [-0.15, -0.1) is 0 Å². The lowest BCUT2D eigenvalue weighted by Gasteiger charge is -2.29. The van der Waals surface area contributed by atoms with Crippen LogP contribution in [0.5, 0.6) is 5.75 Å². The van der Waals surface area contributed by atoms with Gasteiger partial charge in [0.1, 0.15) is 5.75 Å². The van der Waals surface area contributed by atoms with Crippen LogP contribution in [0.2, 0.25) is 0 Å². The van der Waals surface area contributed by atoms with Crippen molar-refractivity contribution in [2.24, 2.45) is 0 Å². The van der Waals surface area contributed by atoms with Crippen LogP contribution in [-0.4, -0.2) is 25.0 Å². The average molecular weight is 389 g/mol. The Morgan fingerprint density at radius 1 is 1.29 bits per heavy atom. The number of amides is 2. The number of benzene rings is 2. The highest BCUT2D eigenvalue weighted by atomic mass is 79.9. The fraction of sp³-hybridized carbons (Fsp3) is 0.222. The molecule has 0 bridgehead atoms. The zero-order valence-corrected chi connectivity index (χ0v) is 14.8. The molecule has 1 heterocycles. The molecule has 5 nitrogen and oxygen atoms in total. The van der Waals surface area contributed by atoms with E-state index in [1.54, 1.807) is 41.3 Å². The van der Waals surface area contributed by atoms with Gasteiger partial charge >= 0.3 is 0 Å². The van der Waals surface area contributed by atoms with Gasteiger partial charge in [0.15, 0.2) is 6.61 Å². The minimum atomic E-state index is -0.207. The fourth-order valence-corrected chi connectivity index (χ4v) is 2.98. The lowest BCUT2D eigenvalue weighted by Crippen LogP contribution is -2.39. The summed E-state index contributed by atoms with van der Waals surface area (Å²) in [6.45, 7) is 2.69. The summed E-state index contributed by atoms with van der Waals surface area (Å²) in [7, 11) is 0. The zero-order chi connectivity index (χ0) is 17.1. The first kappa shape index (κ1) is 16.5. The van der Waals surface area contributed by atoms with Crippen molar-refractivity contribution in [1.82, 2.24) is 0 Å². The van der Waals surface area contributed by atoms with E-state index < -0.39 is 0 Å². The molecule has 0 aliphatic carbocycles. The molecule has 2 amide bonds. The summed E-state index contributed by atoms with van der Waals surface area (Å²) in [4.78, 5) is 26.1.